The molecule has 1 atom stereocenters. The molecule has 0 aliphatic carbocycles. The fourth-order valence-corrected chi connectivity index (χ4v) is 3.05. The quantitative estimate of drug-likeness (QED) is 0.506. The minimum absolute atomic E-state index is 0.250. The molecule has 0 bridgehead atoms. The van der Waals surface area contributed by atoms with Crippen LogP contribution in [0.3, 0.4) is 0 Å². The third-order valence-corrected chi connectivity index (χ3v) is 4.08. The summed E-state index contributed by atoms with van der Waals surface area (Å²) in [6.07, 6.45) is 0. The first-order valence-corrected chi connectivity index (χ1v) is 7.73. The third-order valence-electron chi connectivity index (χ3n) is 3.73. The number of carbonyl (C=O) groups excluding carboxylic acids is 2. The van der Waals surface area contributed by atoms with Crippen molar-refractivity contribution in [1.82, 2.24) is 14.8 Å². The maximum atomic E-state index is 12.5. The van der Waals surface area contributed by atoms with Crippen LogP contribution in [-0.2, 0) is 4.79 Å². The predicted molar refractivity (Wildman–Crippen MR) is 80.9 cm³/mol. The number of nitrogens with zero attached hydrogens (tertiary/aromatic N) is 6. The van der Waals surface area contributed by atoms with Gasteiger partial charge in [-0.1, -0.05) is 20.9 Å². The van der Waals surface area contributed by atoms with Crippen molar-refractivity contribution in [3.8, 4) is 0 Å². The lowest BCUT2D eigenvalue weighted by molar-refractivity contribution is -0.527. The van der Waals surface area contributed by atoms with E-state index in [1.165, 1.54) is 11.9 Å². The summed E-state index contributed by atoms with van der Waals surface area (Å²) < 4.78 is 1.90. The Labute approximate surface area is 130 Å². The lowest BCUT2D eigenvalue weighted by Crippen LogP contribution is -2.62. The average Bonchev–Trinajstić information content (AvgIpc) is 2.82. The number of halogens is 1. The van der Waals surface area contributed by atoms with Gasteiger partial charge in [-0.25, -0.2) is 9.37 Å². The zero-order valence-electron chi connectivity index (χ0n) is 12.1. The zero-order chi connectivity index (χ0) is 15.3. The van der Waals surface area contributed by atoms with E-state index in [9.17, 15) is 9.59 Å². The molecule has 1 unspecified atom stereocenters. The average molecular weight is 356 g/mol. The molecule has 1 saturated heterocycles. The normalized spacial score (nSPS) is 25.1. The van der Waals surface area contributed by atoms with Crippen molar-refractivity contribution < 1.29 is 14.2 Å². The van der Waals surface area contributed by atoms with Crippen LogP contribution in [0.5, 0.6) is 0 Å². The minimum Gasteiger partial charge on any atom is -0.270 e. The van der Waals surface area contributed by atoms with E-state index in [-0.39, 0.29) is 11.9 Å². The number of alkyl halides is 1. The number of likely N-dealkylation sites (N-methyl/N-ethyl adjacent to an activating group) is 2. The Kier molecular flexibility index (Phi) is 3.31. The highest BCUT2D eigenvalue weighted by atomic mass is 79.9. The Hall–Kier alpha value is -1.77. The summed E-state index contributed by atoms with van der Waals surface area (Å²) in [7, 11) is 3.13. The number of fused-ring (bicyclic) bond motifs is 2. The summed E-state index contributed by atoms with van der Waals surface area (Å²) in [5.74, 6) is 0.853. The number of guanidine groups is 1. The number of amides is 3. The summed E-state index contributed by atoms with van der Waals surface area (Å²) in [4.78, 5) is 31.6. The maximum Gasteiger partial charge on any atom is 0.416 e. The van der Waals surface area contributed by atoms with Gasteiger partial charge in [0, 0.05) is 19.4 Å². The molecule has 1 fully saturated rings. The molecular formula is C12H16BrN6O2+. The smallest absolute Gasteiger partial charge is 0.270 e. The number of amidine groups is 1. The van der Waals surface area contributed by atoms with E-state index in [4.69, 9.17) is 0 Å². The Morgan fingerprint density at radius 1 is 1.33 bits per heavy atom. The molecule has 0 radical (unpaired) electrons. The summed E-state index contributed by atoms with van der Waals surface area (Å²) in [6, 6.07) is -0.906. The van der Waals surface area contributed by atoms with E-state index in [0.717, 1.165) is 15.9 Å². The second-order valence-electron chi connectivity index (χ2n) is 5.19. The first-order valence-electron chi connectivity index (χ1n) is 6.60. The number of aliphatic imine (C=N–C) groups is 1. The molecule has 3 amide bonds. The van der Waals surface area contributed by atoms with Crippen molar-refractivity contribution in [3.05, 3.63) is 0 Å². The Morgan fingerprint density at radius 2 is 2.05 bits per heavy atom. The highest BCUT2D eigenvalue weighted by Gasteiger charge is 2.53. The van der Waals surface area contributed by atoms with Gasteiger partial charge in [0.1, 0.15) is 13.1 Å². The van der Waals surface area contributed by atoms with Crippen LogP contribution in [0.2, 0.25) is 0 Å². The van der Waals surface area contributed by atoms with E-state index in [2.05, 4.69) is 26.0 Å². The molecular weight excluding hydrogens is 340 g/mol. The molecule has 9 heteroatoms. The molecule has 3 aliphatic rings. The van der Waals surface area contributed by atoms with Crippen LogP contribution >= 0.6 is 15.9 Å². The Morgan fingerprint density at radius 3 is 2.71 bits per heavy atom. The molecule has 0 aromatic carbocycles. The van der Waals surface area contributed by atoms with Gasteiger partial charge >= 0.3 is 12.0 Å². The van der Waals surface area contributed by atoms with Gasteiger partial charge in [-0.3, -0.25) is 14.6 Å². The first kappa shape index (κ1) is 14.2. The molecule has 3 heterocycles. The number of hydrogen-bond donors (Lipinski definition) is 0. The summed E-state index contributed by atoms with van der Waals surface area (Å²) in [5, 5.41) is 6.97. The van der Waals surface area contributed by atoms with Gasteiger partial charge in [-0.15, -0.1) is 10.1 Å². The van der Waals surface area contributed by atoms with E-state index in [0.29, 0.717) is 24.9 Å². The molecule has 0 spiro atoms. The van der Waals surface area contributed by atoms with Crippen LogP contribution in [0.4, 0.5) is 4.79 Å². The molecule has 8 nitrogen and oxygen atoms in total. The van der Waals surface area contributed by atoms with Gasteiger partial charge in [0.25, 0.3) is 5.91 Å². The number of hydrogen-bond acceptors (Lipinski definition) is 5. The van der Waals surface area contributed by atoms with Gasteiger partial charge in [0.15, 0.2) is 0 Å². The van der Waals surface area contributed by atoms with Crippen LogP contribution in [0.25, 0.3) is 0 Å². The summed E-state index contributed by atoms with van der Waals surface area (Å²) in [5.41, 5.74) is 0.908. The number of hydrazone groups is 1. The van der Waals surface area contributed by atoms with Crippen molar-refractivity contribution in [1.29, 1.82) is 0 Å². The topological polar surface area (TPSA) is 71.6 Å². The highest BCUT2D eigenvalue weighted by Crippen LogP contribution is 2.21. The van der Waals surface area contributed by atoms with Crippen LogP contribution in [-0.4, -0.2) is 87.4 Å². The highest BCUT2D eigenvalue weighted by molar-refractivity contribution is 9.09. The van der Waals surface area contributed by atoms with Gasteiger partial charge < -0.3 is 0 Å². The van der Waals surface area contributed by atoms with Crippen molar-refractivity contribution >= 4 is 45.4 Å². The summed E-state index contributed by atoms with van der Waals surface area (Å²) >= 11 is 3.39. The molecule has 0 aromatic heterocycles. The van der Waals surface area contributed by atoms with Gasteiger partial charge in [-0.2, -0.15) is 0 Å². The minimum atomic E-state index is -0.545. The largest absolute Gasteiger partial charge is 0.416 e. The van der Waals surface area contributed by atoms with E-state index in [1.807, 2.05) is 11.5 Å². The SMILES string of the molecule is CC1=NN(CCBr)C2=[N+](C1)C1C(=O)N(C)C(=O)N(C)C1=N2. The molecule has 112 valence electrons. The fraction of sp³-hybridized carbons (Fsp3) is 0.583. The fourth-order valence-electron chi connectivity index (χ4n) is 2.71. The first-order chi connectivity index (χ1) is 9.95. The number of urea groups is 1. The third kappa shape index (κ3) is 1.98. The van der Waals surface area contributed by atoms with Crippen LogP contribution < -0.4 is 0 Å². The molecule has 0 saturated carbocycles. The van der Waals surface area contributed by atoms with Crippen LogP contribution in [0, 0.1) is 0 Å². The van der Waals surface area contributed by atoms with Crippen LogP contribution in [0.15, 0.2) is 10.1 Å². The monoisotopic (exact) mass is 355 g/mol. The van der Waals surface area contributed by atoms with Crippen molar-refractivity contribution in [2.24, 2.45) is 10.1 Å². The van der Waals surface area contributed by atoms with Crippen molar-refractivity contribution in [3.63, 3.8) is 0 Å². The van der Waals surface area contributed by atoms with E-state index >= 15 is 0 Å². The predicted octanol–water partition coefficient (Wildman–Crippen LogP) is -0.254. The Bertz CT molecular complexity index is 625. The van der Waals surface area contributed by atoms with Crippen LogP contribution in [0.1, 0.15) is 6.92 Å². The van der Waals surface area contributed by atoms with E-state index < -0.39 is 6.04 Å². The second-order valence-corrected chi connectivity index (χ2v) is 5.98. The van der Waals surface area contributed by atoms with Crippen molar-refractivity contribution in [2.45, 2.75) is 13.0 Å². The number of carbonyl (C=O) groups is 2. The van der Waals surface area contributed by atoms with Gasteiger partial charge in [-0.05, 0) is 6.92 Å². The molecule has 21 heavy (non-hydrogen) atoms. The van der Waals surface area contributed by atoms with Gasteiger partial charge in [0.2, 0.25) is 11.9 Å². The summed E-state index contributed by atoms with van der Waals surface area (Å²) in [6.45, 7) is 3.10. The Balaban J connectivity index is 2.04. The molecule has 0 N–H and O–H groups in total. The molecule has 3 rings (SSSR count). The van der Waals surface area contributed by atoms with Gasteiger partial charge in [0.05, 0.1) is 5.71 Å². The molecule has 3 aliphatic heterocycles. The zero-order valence-corrected chi connectivity index (χ0v) is 13.7. The molecule has 0 aromatic rings. The standard InChI is InChI=1S/C12H16BrN6O2/c1-7-6-18-8-9(14-11(18)19(15-7)5-4-13)16(2)12(21)17(3)10(8)20/h8H,4-6H2,1-3H3/q+1. The number of rotatable bonds is 2. The van der Waals surface area contributed by atoms with Crippen molar-refractivity contribution in [2.75, 3.05) is 32.5 Å². The number of imide groups is 1. The second kappa shape index (κ2) is 4.90. The lowest BCUT2D eigenvalue weighted by Gasteiger charge is -2.32. The lowest BCUT2D eigenvalue weighted by atomic mass is 10.1. The van der Waals surface area contributed by atoms with E-state index in [1.54, 1.807) is 12.1 Å². The maximum absolute atomic E-state index is 12.5.